The quantitative estimate of drug-likeness (QED) is 0.0269. The van der Waals surface area contributed by atoms with Crippen LogP contribution in [0.5, 0.6) is 0 Å². The number of aliphatic hydroxyl groups is 7. The number of methoxy groups -OCH3 is 1. The number of alkyl halides is 9. The second-order valence-electron chi connectivity index (χ2n) is 10.0. The topological polar surface area (TPSA) is 226 Å². The standard InChI is InChI=1S/C7H11F4O4.C7H12F3O3.C5H10F2O4.C5H10F2O2.C3H6F2O.CH3.FHO.3Rf/c8-6(9)3-14-1-5(12)2-15-4-7(10,11)13;8-1-2-12-3-6(11)4-13-5-7(9)10;6-5(7,10)3-11-2-4(9)1-8;1-5(6,7)3-9-4-8-2;1-3(4,5)2-6;;1-2;;;/h5,12-13H,1-4H2;6,11H,1-5H2;4,8-10H,1-3H2;3-4H2,1-2H3;6H,2H2,1H3;1H3;2H;;;/q2*-1;;;;-1;;;;. The molecule has 0 aliphatic rings. The first-order chi connectivity index (χ1) is 25.6. The van der Waals surface area contributed by atoms with Gasteiger partial charge >= 0.3 is 12.2 Å². The first kappa shape index (κ1) is 79.6. The molecule has 32 heteroatoms. The maximum absolute atomic E-state index is 11.9. The van der Waals surface area contributed by atoms with Gasteiger partial charge in [-0.2, -0.15) is 17.6 Å². The maximum atomic E-state index is 11.9. The molecule has 0 spiro atoms. The van der Waals surface area contributed by atoms with Crippen LogP contribution < -0.4 is 0 Å². The van der Waals surface area contributed by atoms with Crippen molar-refractivity contribution in [2.75, 3.05) is 106 Å². The Bertz CT molecular complexity index is 785. The first-order valence-corrected chi connectivity index (χ1v) is 14.8. The molecule has 0 bridgehead atoms. The van der Waals surface area contributed by atoms with Gasteiger partial charge in [0.25, 0.3) is 11.8 Å². The molecular weight excluding hydrogens is 1640 g/mol. The number of ether oxygens (including phenoxy) is 7. The Morgan fingerprint density at radius 1 is 0.550 bits per heavy atom. The minimum atomic E-state index is -3.97. The van der Waals surface area contributed by atoms with Crippen LogP contribution in [-0.4, -0.2) is 190 Å². The van der Waals surface area contributed by atoms with E-state index in [2.05, 4.69) is 33.2 Å². The van der Waals surface area contributed by atoms with E-state index in [1.165, 1.54) is 7.11 Å². The molecule has 3 unspecified atom stereocenters. The largest absolute Gasteiger partial charge is 0.419 e. The minimum absolute atomic E-state index is 0. The van der Waals surface area contributed by atoms with Crippen molar-refractivity contribution in [1.82, 2.24) is 0 Å². The SMILES string of the molecule is CC(F)(F)CO.COCOCC(C)(F)F.OC(COCCF)COC[C-](F)F.OC(COC[C-](F)F)COCC(O)(F)F.OCC(O)COCC(O)(F)F.OF.[CH3-].[Rf].[Rf].[Rf]. The summed E-state index contributed by atoms with van der Waals surface area (Å²) in [7, 11) is 1.38. The Labute approximate surface area is 319 Å². The van der Waals surface area contributed by atoms with Crippen LogP contribution in [0.15, 0.2) is 0 Å². The zero-order valence-corrected chi connectivity index (χ0v) is 52.4. The van der Waals surface area contributed by atoms with Crippen molar-refractivity contribution in [1.29, 1.82) is 0 Å². The fourth-order valence-corrected chi connectivity index (χ4v) is 1.91. The molecule has 60 heavy (non-hydrogen) atoms. The zero-order valence-electron chi connectivity index (χ0n) is 33.2. The predicted octanol–water partition coefficient (Wildman–Crippen LogP) is 2.32. The molecule has 0 aromatic carbocycles. The maximum Gasteiger partial charge on any atom is 0.376 e. The molecule has 0 saturated heterocycles. The van der Waals surface area contributed by atoms with E-state index in [4.69, 9.17) is 45.6 Å². The molecule has 0 aromatic rings. The van der Waals surface area contributed by atoms with Crippen LogP contribution in [0.2, 0.25) is 0 Å². The van der Waals surface area contributed by atoms with Gasteiger partial charge in [0, 0.05) is 33.8 Å². The van der Waals surface area contributed by atoms with Gasteiger partial charge in [-0.15, -0.1) is 0 Å². The van der Waals surface area contributed by atoms with Gasteiger partial charge < -0.3 is 93.9 Å². The van der Waals surface area contributed by atoms with Crippen molar-refractivity contribution in [2.45, 2.75) is 56.2 Å². The Kier molecular flexibility index (Phi) is 64.7. The molecule has 362 valence electrons. The van der Waals surface area contributed by atoms with Crippen LogP contribution in [-0.2, 0) is 33.2 Å². The Morgan fingerprint density at radius 3 is 1.12 bits per heavy atom. The molecular formula is C28H53F14O15Rf3-3. The van der Waals surface area contributed by atoms with E-state index in [1.54, 1.807) is 0 Å². The number of halogens is 14. The monoisotopic (exact) mass is 1700 g/mol. The van der Waals surface area contributed by atoms with Crippen molar-refractivity contribution in [3.05, 3.63) is 20.3 Å². The van der Waals surface area contributed by atoms with Crippen LogP contribution >= 0.6 is 0 Å². The molecule has 0 rings (SSSR count). The first-order valence-electron chi connectivity index (χ1n) is 14.8. The van der Waals surface area contributed by atoms with Gasteiger partial charge in [-0.25, -0.2) is 27.3 Å². The van der Waals surface area contributed by atoms with Gasteiger partial charge in [0.05, 0.1) is 46.2 Å². The fourth-order valence-electron chi connectivity index (χ4n) is 1.91. The summed E-state index contributed by atoms with van der Waals surface area (Å²) in [5.41, 5.74) is 0. The second kappa shape index (κ2) is 48.8. The van der Waals surface area contributed by atoms with E-state index >= 15 is 0 Å². The summed E-state index contributed by atoms with van der Waals surface area (Å²) in [6.45, 7) is -7.53. The molecule has 0 heterocycles. The fraction of sp³-hybridized carbons (Fsp3) is 0.893. The van der Waals surface area contributed by atoms with E-state index in [-0.39, 0.29) is 34.0 Å². The van der Waals surface area contributed by atoms with Gasteiger partial charge in [-0.1, -0.05) is 4.53 Å². The molecule has 0 fully saturated rings. The average molecular weight is 1700 g/mol. The Hall–Kier alpha value is -4.58. The predicted molar refractivity (Wildman–Crippen MR) is 166 cm³/mol. The van der Waals surface area contributed by atoms with E-state index in [0.29, 0.717) is 6.92 Å². The summed E-state index contributed by atoms with van der Waals surface area (Å²) in [5.74, 6) is -5.65. The Balaban J connectivity index is -0.0000000648. The van der Waals surface area contributed by atoms with Crippen LogP contribution in [0.25, 0.3) is 0 Å². The van der Waals surface area contributed by atoms with E-state index < -0.39 is 128 Å². The van der Waals surface area contributed by atoms with Crippen LogP contribution in [0.1, 0.15) is 13.8 Å². The summed E-state index contributed by atoms with van der Waals surface area (Å²) in [4.78, 5) is 0. The smallest absolute Gasteiger partial charge is 0.376 e. The minimum Gasteiger partial charge on any atom is -0.419 e. The summed E-state index contributed by atoms with van der Waals surface area (Å²) in [5, 5.41) is 63.5. The summed E-state index contributed by atoms with van der Waals surface area (Å²) in [6.07, 6.45) is -15.1. The third-order valence-corrected chi connectivity index (χ3v) is 3.79. The number of hydrogen-bond donors (Lipinski definition) is 8. The van der Waals surface area contributed by atoms with E-state index in [1.807, 2.05) is 0 Å². The van der Waals surface area contributed by atoms with Crippen molar-refractivity contribution in [2.24, 2.45) is 0 Å². The van der Waals surface area contributed by atoms with E-state index in [9.17, 15) is 57.1 Å². The average Bonchev–Trinajstić information content (AvgIpc) is 3.04. The van der Waals surface area contributed by atoms with Crippen molar-refractivity contribution in [3.8, 4) is 0 Å². The van der Waals surface area contributed by atoms with Gasteiger partial charge in [0.15, 0.2) is 0 Å². The molecule has 15 nitrogen and oxygen atoms in total. The van der Waals surface area contributed by atoms with Crippen molar-refractivity contribution in [3.63, 3.8) is 0 Å². The molecule has 0 radical (unpaired) electrons. The molecule has 0 aromatic heterocycles. The molecule has 0 amide bonds. The normalized spacial score (nSPS) is 12.4. The van der Waals surface area contributed by atoms with Gasteiger partial charge in [0.2, 0.25) is 0 Å². The third-order valence-electron chi connectivity index (χ3n) is 3.79. The third kappa shape index (κ3) is 105. The molecule has 8 N–H and O–H groups in total. The summed E-state index contributed by atoms with van der Waals surface area (Å²) >= 11 is 0. The number of hydrogen-bond acceptors (Lipinski definition) is 15. The molecule has 0 aliphatic heterocycles. The molecule has 3 atom stereocenters. The van der Waals surface area contributed by atoms with Gasteiger partial charge in [-0.3, -0.25) is 0 Å². The molecule has 0 aliphatic carbocycles. The van der Waals surface area contributed by atoms with Crippen molar-refractivity contribution >= 4 is 0 Å². The summed E-state index contributed by atoms with van der Waals surface area (Å²) < 4.78 is 189. The Morgan fingerprint density at radius 2 is 0.867 bits per heavy atom. The van der Waals surface area contributed by atoms with Crippen LogP contribution in [0, 0.1) is 20.3 Å². The number of aliphatic hydroxyl groups excluding tert-OH is 5. The van der Waals surface area contributed by atoms with Crippen LogP contribution in [0.3, 0.4) is 0 Å². The van der Waals surface area contributed by atoms with Gasteiger partial charge in [0.1, 0.15) is 58.2 Å². The zero-order chi connectivity index (χ0) is 45.4. The van der Waals surface area contributed by atoms with Crippen molar-refractivity contribution < 1.29 is 136 Å². The van der Waals surface area contributed by atoms with Gasteiger partial charge in [-0.05, 0) is 13.2 Å². The number of rotatable bonds is 26. The molecule has 0 saturated carbocycles. The summed E-state index contributed by atoms with van der Waals surface area (Å²) in [6, 6.07) is 0. The second-order valence-corrected chi connectivity index (χ2v) is 10.0. The van der Waals surface area contributed by atoms with E-state index in [0.717, 1.165) is 6.92 Å². The van der Waals surface area contributed by atoms with Crippen LogP contribution in [0.4, 0.5) is 61.6 Å².